The predicted octanol–water partition coefficient (Wildman–Crippen LogP) is 3.00. The molecule has 2 heterocycles. The number of hydrogen-bond acceptors (Lipinski definition) is 3. The summed E-state index contributed by atoms with van der Waals surface area (Å²) in [5.74, 6) is -2.04. The second-order valence-corrected chi connectivity index (χ2v) is 3.61. The van der Waals surface area contributed by atoms with Crippen LogP contribution >= 0.6 is 0 Å². The van der Waals surface area contributed by atoms with Crippen LogP contribution in [-0.4, -0.2) is 15.0 Å². The summed E-state index contributed by atoms with van der Waals surface area (Å²) in [6.07, 6.45) is -2.39. The van der Waals surface area contributed by atoms with Gasteiger partial charge in [0.05, 0.1) is 5.69 Å². The fourth-order valence-electron chi connectivity index (χ4n) is 1.35. The van der Waals surface area contributed by atoms with Crippen LogP contribution in [-0.2, 0) is 6.18 Å². The van der Waals surface area contributed by atoms with Gasteiger partial charge in [0.15, 0.2) is 5.82 Å². The average molecular weight is 257 g/mol. The molecule has 94 valence electrons. The van der Waals surface area contributed by atoms with Gasteiger partial charge in [0.2, 0.25) is 5.82 Å². The van der Waals surface area contributed by atoms with Crippen molar-refractivity contribution in [2.75, 3.05) is 0 Å². The molecule has 18 heavy (non-hydrogen) atoms. The summed E-state index contributed by atoms with van der Waals surface area (Å²) in [5.41, 5.74) is 0.143. The third kappa shape index (κ3) is 2.44. The highest BCUT2D eigenvalue weighted by molar-refractivity contribution is 5.54. The number of hydrogen-bond donors (Lipinski definition) is 0. The molecule has 0 atom stereocenters. The lowest BCUT2D eigenvalue weighted by atomic mass is 10.2. The van der Waals surface area contributed by atoms with E-state index in [1.165, 1.54) is 18.3 Å². The average Bonchev–Trinajstić information content (AvgIpc) is 2.28. The first-order chi connectivity index (χ1) is 8.38. The molecule has 0 amide bonds. The van der Waals surface area contributed by atoms with Gasteiger partial charge >= 0.3 is 6.18 Å². The van der Waals surface area contributed by atoms with E-state index in [4.69, 9.17) is 0 Å². The SMILES string of the molecule is Cc1cnc(-c2ccnc(C(F)(F)F)n2)c(F)c1. The molecule has 0 N–H and O–H groups in total. The largest absolute Gasteiger partial charge is 0.451 e. The van der Waals surface area contributed by atoms with Gasteiger partial charge in [-0.1, -0.05) is 0 Å². The molecule has 3 nitrogen and oxygen atoms in total. The van der Waals surface area contributed by atoms with Crippen molar-refractivity contribution in [2.24, 2.45) is 0 Å². The number of rotatable bonds is 1. The quantitative estimate of drug-likeness (QED) is 0.737. The van der Waals surface area contributed by atoms with E-state index >= 15 is 0 Å². The molecule has 2 aromatic rings. The van der Waals surface area contributed by atoms with E-state index in [-0.39, 0.29) is 11.4 Å². The standard InChI is InChI=1S/C11H7F4N3/c1-6-4-7(12)9(17-5-6)8-2-3-16-10(18-8)11(13,14)15/h2-5H,1H3. The molecule has 0 aliphatic carbocycles. The van der Waals surface area contributed by atoms with Gasteiger partial charge in [-0.15, -0.1) is 0 Å². The number of aromatic nitrogens is 3. The van der Waals surface area contributed by atoms with Gasteiger partial charge in [-0.05, 0) is 24.6 Å². The van der Waals surface area contributed by atoms with Crippen LogP contribution in [0, 0.1) is 12.7 Å². The minimum absolute atomic E-state index is 0.199. The van der Waals surface area contributed by atoms with Crippen molar-refractivity contribution in [3.05, 3.63) is 41.7 Å². The van der Waals surface area contributed by atoms with Crippen LogP contribution in [0.3, 0.4) is 0 Å². The van der Waals surface area contributed by atoms with Gasteiger partial charge in [-0.25, -0.2) is 14.4 Å². The van der Waals surface area contributed by atoms with E-state index in [0.29, 0.717) is 5.56 Å². The summed E-state index contributed by atoms with van der Waals surface area (Å²) in [5, 5.41) is 0. The van der Waals surface area contributed by atoms with Crippen LogP contribution in [0.2, 0.25) is 0 Å². The molecule has 0 aromatic carbocycles. The van der Waals surface area contributed by atoms with Crippen molar-refractivity contribution in [1.82, 2.24) is 15.0 Å². The summed E-state index contributed by atoms with van der Waals surface area (Å²) in [6.45, 7) is 1.63. The Morgan fingerprint density at radius 1 is 1.17 bits per heavy atom. The van der Waals surface area contributed by atoms with Crippen LogP contribution in [0.1, 0.15) is 11.4 Å². The number of halogens is 4. The molecular weight excluding hydrogens is 250 g/mol. The molecule has 0 aliphatic heterocycles. The molecule has 0 bridgehead atoms. The monoisotopic (exact) mass is 257 g/mol. The molecule has 0 aliphatic rings. The zero-order chi connectivity index (χ0) is 13.3. The molecule has 7 heteroatoms. The first kappa shape index (κ1) is 12.4. The van der Waals surface area contributed by atoms with E-state index in [9.17, 15) is 17.6 Å². The molecule has 0 fully saturated rings. The molecule has 2 rings (SSSR count). The highest BCUT2D eigenvalue weighted by atomic mass is 19.4. The molecule has 0 saturated heterocycles. The van der Waals surface area contributed by atoms with Crippen LogP contribution in [0.5, 0.6) is 0 Å². The van der Waals surface area contributed by atoms with Crippen LogP contribution in [0.15, 0.2) is 24.5 Å². The van der Waals surface area contributed by atoms with Crippen LogP contribution in [0.25, 0.3) is 11.4 Å². The molecule has 0 spiro atoms. The Bertz CT molecular complexity index is 581. The van der Waals surface area contributed by atoms with Gasteiger partial charge < -0.3 is 0 Å². The third-order valence-electron chi connectivity index (χ3n) is 2.13. The Balaban J connectivity index is 2.51. The highest BCUT2D eigenvalue weighted by Crippen LogP contribution is 2.27. The Morgan fingerprint density at radius 3 is 2.50 bits per heavy atom. The van der Waals surface area contributed by atoms with Crippen molar-refractivity contribution >= 4 is 0 Å². The van der Waals surface area contributed by atoms with Gasteiger partial charge in [-0.2, -0.15) is 13.2 Å². The highest BCUT2D eigenvalue weighted by Gasteiger charge is 2.34. The zero-order valence-electron chi connectivity index (χ0n) is 9.16. The van der Waals surface area contributed by atoms with Gasteiger partial charge in [-0.3, -0.25) is 4.98 Å². The van der Waals surface area contributed by atoms with E-state index in [1.54, 1.807) is 6.92 Å². The van der Waals surface area contributed by atoms with Crippen molar-refractivity contribution < 1.29 is 17.6 Å². The number of aryl methyl sites for hydroxylation is 1. The lowest BCUT2D eigenvalue weighted by Crippen LogP contribution is -2.11. The molecular formula is C11H7F4N3. The van der Waals surface area contributed by atoms with Crippen molar-refractivity contribution in [3.63, 3.8) is 0 Å². The van der Waals surface area contributed by atoms with Gasteiger partial charge in [0.1, 0.15) is 5.69 Å². The van der Waals surface area contributed by atoms with Crippen molar-refractivity contribution in [3.8, 4) is 11.4 Å². The molecule has 0 saturated carbocycles. The van der Waals surface area contributed by atoms with Crippen LogP contribution < -0.4 is 0 Å². The minimum atomic E-state index is -4.67. The summed E-state index contributed by atoms with van der Waals surface area (Å²) in [7, 11) is 0. The topological polar surface area (TPSA) is 38.7 Å². The van der Waals surface area contributed by atoms with E-state index < -0.39 is 17.8 Å². The molecule has 0 radical (unpaired) electrons. The van der Waals surface area contributed by atoms with Crippen molar-refractivity contribution in [2.45, 2.75) is 13.1 Å². The van der Waals surface area contributed by atoms with Gasteiger partial charge in [0, 0.05) is 12.4 Å². The third-order valence-corrected chi connectivity index (χ3v) is 2.13. The Hall–Kier alpha value is -2.05. The molecule has 0 unspecified atom stereocenters. The van der Waals surface area contributed by atoms with E-state index in [1.807, 2.05) is 0 Å². The second-order valence-electron chi connectivity index (χ2n) is 3.61. The Morgan fingerprint density at radius 2 is 1.89 bits per heavy atom. The Labute approximate surface area is 99.5 Å². The number of alkyl halides is 3. The summed E-state index contributed by atoms with van der Waals surface area (Å²) in [6, 6.07) is 2.35. The van der Waals surface area contributed by atoms with E-state index in [2.05, 4.69) is 15.0 Å². The maximum Gasteiger partial charge on any atom is 0.451 e. The maximum atomic E-state index is 13.6. The summed E-state index contributed by atoms with van der Waals surface area (Å²) >= 11 is 0. The van der Waals surface area contributed by atoms with Crippen molar-refractivity contribution in [1.29, 1.82) is 0 Å². The fraction of sp³-hybridized carbons (Fsp3) is 0.182. The second kappa shape index (κ2) is 4.32. The zero-order valence-corrected chi connectivity index (χ0v) is 9.16. The first-order valence-corrected chi connectivity index (χ1v) is 4.90. The fourth-order valence-corrected chi connectivity index (χ4v) is 1.35. The smallest absolute Gasteiger partial charge is 0.251 e. The van der Waals surface area contributed by atoms with Crippen LogP contribution in [0.4, 0.5) is 17.6 Å². The summed E-state index contributed by atoms with van der Waals surface area (Å²) < 4.78 is 50.8. The van der Waals surface area contributed by atoms with Gasteiger partial charge in [0.25, 0.3) is 0 Å². The first-order valence-electron chi connectivity index (χ1n) is 4.90. The van der Waals surface area contributed by atoms with E-state index in [0.717, 1.165) is 6.20 Å². The maximum absolute atomic E-state index is 13.6. The minimum Gasteiger partial charge on any atom is -0.251 e. The molecule has 2 aromatic heterocycles. The lowest BCUT2D eigenvalue weighted by molar-refractivity contribution is -0.144. The predicted molar refractivity (Wildman–Crippen MR) is 55.0 cm³/mol. The Kier molecular flexibility index (Phi) is 2.98. The number of pyridine rings is 1. The lowest BCUT2D eigenvalue weighted by Gasteiger charge is -2.07. The number of nitrogens with zero attached hydrogens (tertiary/aromatic N) is 3. The normalized spacial score (nSPS) is 11.6. The summed E-state index contributed by atoms with van der Waals surface area (Å²) in [4.78, 5) is 10.1.